The van der Waals surface area contributed by atoms with Gasteiger partial charge < -0.3 is 0 Å². The van der Waals surface area contributed by atoms with Crippen LogP contribution in [0.4, 0.5) is 0 Å². The monoisotopic (exact) mass is 172 g/mol. The molecule has 0 radical (unpaired) electrons. The lowest BCUT2D eigenvalue weighted by molar-refractivity contribution is 0.941. The van der Waals surface area contributed by atoms with Crippen molar-refractivity contribution in [2.45, 2.75) is 25.7 Å². The summed E-state index contributed by atoms with van der Waals surface area (Å²) in [6, 6.07) is 0. The van der Waals surface area contributed by atoms with Crippen LogP contribution >= 0.6 is 18.5 Å². The van der Waals surface area contributed by atoms with E-state index in [1.807, 2.05) is 0 Å². The summed E-state index contributed by atoms with van der Waals surface area (Å²) in [7, 11) is 5.65. The van der Waals surface area contributed by atoms with Crippen LogP contribution in [0.3, 0.4) is 0 Å². The van der Waals surface area contributed by atoms with Crippen LogP contribution in [0.25, 0.3) is 0 Å². The van der Waals surface area contributed by atoms with Crippen LogP contribution in [0.5, 0.6) is 0 Å². The van der Waals surface area contributed by atoms with Crippen molar-refractivity contribution in [1.29, 1.82) is 0 Å². The molecule has 1 aliphatic carbocycles. The lowest BCUT2D eigenvalue weighted by atomic mass is 10.1. The molecule has 0 N–H and O–H groups in total. The van der Waals surface area contributed by atoms with Gasteiger partial charge in [0.2, 0.25) is 0 Å². The minimum absolute atomic E-state index is 1.21. The maximum atomic E-state index is 2.83. The average Bonchev–Trinajstić information content (AvgIpc) is 1.92. The van der Waals surface area contributed by atoms with Gasteiger partial charge in [0.05, 0.1) is 0 Å². The third-order valence-electron chi connectivity index (χ3n) is 1.74. The first-order valence-electron chi connectivity index (χ1n) is 3.68. The van der Waals surface area contributed by atoms with E-state index in [1.165, 1.54) is 36.3 Å². The van der Waals surface area contributed by atoms with Gasteiger partial charge in [0, 0.05) is 0 Å². The lowest BCUT2D eigenvalue weighted by Crippen LogP contribution is -1.82. The molecule has 0 amide bonds. The molecule has 0 saturated carbocycles. The smallest absolute Gasteiger partial charge is 0.0242 e. The van der Waals surface area contributed by atoms with Gasteiger partial charge in [-0.2, -0.15) is 0 Å². The van der Waals surface area contributed by atoms with Crippen molar-refractivity contribution in [2.75, 3.05) is 0 Å². The Labute approximate surface area is 67.6 Å². The number of hydrogen-bond acceptors (Lipinski definition) is 0. The highest BCUT2D eigenvalue weighted by molar-refractivity contribution is 7.27. The van der Waals surface area contributed by atoms with E-state index >= 15 is 0 Å². The molecule has 0 nitrogen and oxygen atoms in total. The molecule has 0 aromatic rings. The molecule has 0 bridgehead atoms. The summed E-state index contributed by atoms with van der Waals surface area (Å²) in [5.41, 5.74) is 0. The minimum atomic E-state index is 1.21. The number of hydrogen-bond donors (Lipinski definition) is 0. The standard InChI is InChI=1S/C8H14P2/c9-7-5-3-1-2-4-6-8(7)10/h1-2H,3-6,9-10H2. The Morgan fingerprint density at radius 3 is 1.70 bits per heavy atom. The molecule has 0 aromatic heterocycles. The lowest BCUT2D eigenvalue weighted by Gasteiger charge is -2.07. The maximum Gasteiger partial charge on any atom is -0.0242 e. The van der Waals surface area contributed by atoms with E-state index in [0.29, 0.717) is 0 Å². The molecule has 2 atom stereocenters. The normalized spacial score (nSPS) is 20.6. The fourth-order valence-corrected chi connectivity index (χ4v) is 1.66. The molecular weight excluding hydrogens is 158 g/mol. The Hall–Kier alpha value is 0.340. The zero-order valence-corrected chi connectivity index (χ0v) is 8.45. The largest absolute Gasteiger partial charge is 0.110 e. The van der Waals surface area contributed by atoms with Crippen LogP contribution in [0.2, 0.25) is 0 Å². The van der Waals surface area contributed by atoms with Crippen molar-refractivity contribution in [3.63, 3.8) is 0 Å². The Morgan fingerprint density at radius 2 is 1.30 bits per heavy atom. The van der Waals surface area contributed by atoms with Gasteiger partial charge in [-0.1, -0.05) is 12.2 Å². The Morgan fingerprint density at radius 1 is 0.900 bits per heavy atom. The SMILES string of the molecule is PC1=C(P)CCC=CCC1. The van der Waals surface area contributed by atoms with Gasteiger partial charge >= 0.3 is 0 Å². The Bertz CT molecular complexity index is 150. The fourth-order valence-electron chi connectivity index (χ4n) is 1.03. The van der Waals surface area contributed by atoms with Crippen LogP contribution in [0.1, 0.15) is 25.7 Å². The van der Waals surface area contributed by atoms with Crippen LogP contribution in [0, 0.1) is 0 Å². The van der Waals surface area contributed by atoms with Crippen molar-refractivity contribution >= 4 is 18.5 Å². The van der Waals surface area contributed by atoms with Crippen molar-refractivity contribution in [2.24, 2.45) is 0 Å². The van der Waals surface area contributed by atoms with Gasteiger partial charge in [-0.05, 0) is 36.3 Å². The van der Waals surface area contributed by atoms with E-state index in [-0.39, 0.29) is 0 Å². The first-order chi connectivity index (χ1) is 4.80. The summed E-state index contributed by atoms with van der Waals surface area (Å²) >= 11 is 0. The predicted molar refractivity (Wildman–Crippen MR) is 54.1 cm³/mol. The third kappa shape index (κ3) is 2.52. The average molecular weight is 172 g/mol. The zero-order valence-electron chi connectivity index (χ0n) is 6.14. The fraction of sp³-hybridized carbons (Fsp3) is 0.500. The molecule has 1 aliphatic rings. The summed E-state index contributed by atoms with van der Waals surface area (Å²) < 4.78 is 0. The number of allylic oxidation sites excluding steroid dienone is 4. The van der Waals surface area contributed by atoms with Crippen molar-refractivity contribution in [1.82, 2.24) is 0 Å². The topological polar surface area (TPSA) is 0 Å². The van der Waals surface area contributed by atoms with E-state index < -0.39 is 0 Å². The maximum absolute atomic E-state index is 2.83. The summed E-state index contributed by atoms with van der Waals surface area (Å²) in [5, 5.41) is 2.96. The summed E-state index contributed by atoms with van der Waals surface area (Å²) in [6.45, 7) is 0. The highest BCUT2D eigenvalue weighted by Crippen LogP contribution is 2.28. The highest BCUT2D eigenvalue weighted by atomic mass is 31.0. The van der Waals surface area contributed by atoms with Gasteiger partial charge in [-0.3, -0.25) is 0 Å². The molecule has 0 heterocycles. The second kappa shape index (κ2) is 4.27. The molecule has 0 saturated heterocycles. The van der Waals surface area contributed by atoms with Crippen molar-refractivity contribution in [3.05, 3.63) is 22.8 Å². The molecule has 0 spiro atoms. The first kappa shape index (κ1) is 8.44. The molecular formula is C8H14P2. The van der Waals surface area contributed by atoms with Gasteiger partial charge in [0.1, 0.15) is 0 Å². The molecule has 56 valence electrons. The third-order valence-corrected chi connectivity index (χ3v) is 3.39. The molecule has 2 unspecified atom stereocenters. The van der Waals surface area contributed by atoms with Crippen molar-refractivity contribution < 1.29 is 0 Å². The van der Waals surface area contributed by atoms with Crippen LogP contribution in [0.15, 0.2) is 22.8 Å². The van der Waals surface area contributed by atoms with E-state index in [9.17, 15) is 0 Å². The molecule has 2 heteroatoms. The Kier molecular flexibility index (Phi) is 3.60. The van der Waals surface area contributed by atoms with Gasteiger partial charge in [-0.25, -0.2) is 0 Å². The number of rotatable bonds is 0. The summed E-state index contributed by atoms with van der Waals surface area (Å²) in [5.74, 6) is 0. The first-order valence-corrected chi connectivity index (χ1v) is 4.84. The second-order valence-electron chi connectivity index (χ2n) is 2.60. The molecule has 10 heavy (non-hydrogen) atoms. The summed E-state index contributed by atoms with van der Waals surface area (Å²) in [4.78, 5) is 0. The predicted octanol–water partition coefficient (Wildman–Crippen LogP) is 3.08. The molecule has 0 fully saturated rings. The van der Waals surface area contributed by atoms with Crippen LogP contribution in [-0.4, -0.2) is 0 Å². The Balaban J connectivity index is 2.57. The zero-order chi connectivity index (χ0) is 7.40. The minimum Gasteiger partial charge on any atom is -0.110 e. The van der Waals surface area contributed by atoms with Crippen molar-refractivity contribution in [3.8, 4) is 0 Å². The summed E-state index contributed by atoms with van der Waals surface area (Å²) in [6.07, 6.45) is 9.38. The van der Waals surface area contributed by atoms with Gasteiger partial charge in [-0.15, -0.1) is 18.5 Å². The highest BCUT2D eigenvalue weighted by Gasteiger charge is 1.98. The van der Waals surface area contributed by atoms with E-state index in [2.05, 4.69) is 30.6 Å². The van der Waals surface area contributed by atoms with E-state index in [1.54, 1.807) is 0 Å². The molecule has 1 rings (SSSR count). The van der Waals surface area contributed by atoms with Crippen LogP contribution in [-0.2, 0) is 0 Å². The molecule has 0 aromatic carbocycles. The second-order valence-corrected chi connectivity index (χ2v) is 3.99. The molecule has 0 aliphatic heterocycles. The van der Waals surface area contributed by atoms with Crippen LogP contribution < -0.4 is 0 Å². The van der Waals surface area contributed by atoms with Gasteiger partial charge in [0.25, 0.3) is 0 Å². The quantitative estimate of drug-likeness (QED) is 0.389. The van der Waals surface area contributed by atoms with E-state index in [4.69, 9.17) is 0 Å². The van der Waals surface area contributed by atoms with E-state index in [0.717, 1.165) is 0 Å². The van der Waals surface area contributed by atoms with Gasteiger partial charge in [0.15, 0.2) is 0 Å².